The molecular formula is C22H21F2N7O. The van der Waals surface area contributed by atoms with Crippen LogP contribution in [0.5, 0.6) is 0 Å². The molecule has 0 unspecified atom stereocenters. The van der Waals surface area contributed by atoms with Gasteiger partial charge in [0.15, 0.2) is 5.65 Å². The molecule has 0 spiro atoms. The van der Waals surface area contributed by atoms with Gasteiger partial charge >= 0.3 is 0 Å². The standard InChI is InChI=1S/C22H21F2N7O/c1-12-13(2)27-21-20(26-12)19(16-5-4-15(23)8-17(16)24)28-22(29-21)31-6-7-32-18(11-31)14-9-25-30(3)10-14/h4-5,8-10,18H,6-7,11H2,1-3H3/t18-/m0/s1. The highest BCUT2D eigenvalue weighted by molar-refractivity contribution is 5.88. The van der Waals surface area contributed by atoms with Crippen LogP contribution in [-0.4, -0.2) is 49.4 Å². The highest BCUT2D eigenvalue weighted by atomic mass is 19.1. The number of morpholine rings is 1. The van der Waals surface area contributed by atoms with Crippen LogP contribution in [0.1, 0.15) is 23.1 Å². The van der Waals surface area contributed by atoms with Crippen LogP contribution in [0.15, 0.2) is 30.6 Å². The molecule has 1 aliphatic heterocycles. The summed E-state index contributed by atoms with van der Waals surface area (Å²) in [5, 5.41) is 4.22. The third-order valence-electron chi connectivity index (χ3n) is 5.56. The van der Waals surface area contributed by atoms with Crippen molar-refractivity contribution in [2.45, 2.75) is 20.0 Å². The van der Waals surface area contributed by atoms with Crippen molar-refractivity contribution in [1.29, 1.82) is 0 Å². The lowest BCUT2D eigenvalue weighted by atomic mass is 10.1. The molecule has 1 saturated heterocycles. The average molecular weight is 437 g/mol. The molecule has 1 atom stereocenters. The van der Waals surface area contributed by atoms with Crippen LogP contribution in [0.3, 0.4) is 0 Å². The lowest BCUT2D eigenvalue weighted by Crippen LogP contribution is -2.39. The number of fused-ring (bicyclic) bond motifs is 1. The van der Waals surface area contributed by atoms with Crippen molar-refractivity contribution in [3.8, 4) is 11.3 Å². The lowest BCUT2D eigenvalue weighted by molar-refractivity contribution is 0.0392. The van der Waals surface area contributed by atoms with Crippen molar-refractivity contribution in [1.82, 2.24) is 29.7 Å². The second-order valence-corrected chi connectivity index (χ2v) is 7.82. The Bertz CT molecular complexity index is 1320. The van der Waals surface area contributed by atoms with E-state index < -0.39 is 11.6 Å². The van der Waals surface area contributed by atoms with Crippen molar-refractivity contribution in [2.24, 2.45) is 7.05 Å². The van der Waals surface area contributed by atoms with Gasteiger partial charge in [0.2, 0.25) is 5.95 Å². The van der Waals surface area contributed by atoms with Gasteiger partial charge < -0.3 is 9.64 Å². The van der Waals surface area contributed by atoms with Crippen LogP contribution in [0, 0.1) is 25.5 Å². The third-order valence-corrected chi connectivity index (χ3v) is 5.56. The Morgan fingerprint density at radius 1 is 1.06 bits per heavy atom. The molecule has 10 heteroatoms. The number of halogens is 2. The number of aromatic nitrogens is 6. The van der Waals surface area contributed by atoms with Gasteiger partial charge in [0, 0.05) is 37.0 Å². The van der Waals surface area contributed by atoms with Crippen molar-refractivity contribution in [2.75, 3.05) is 24.6 Å². The maximum Gasteiger partial charge on any atom is 0.228 e. The maximum absolute atomic E-state index is 14.7. The first kappa shape index (κ1) is 20.4. The van der Waals surface area contributed by atoms with E-state index in [-0.39, 0.29) is 17.4 Å². The number of nitrogens with zero attached hydrogens (tertiary/aromatic N) is 7. The Morgan fingerprint density at radius 2 is 1.88 bits per heavy atom. The van der Waals surface area contributed by atoms with Crippen molar-refractivity contribution >= 4 is 17.1 Å². The smallest absolute Gasteiger partial charge is 0.228 e. The summed E-state index contributed by atoms with van der Waals surface area (Å²) >= 11 is 0. The average Bonchev–Trinajstić information content (AvgIpc) is 3.21. The molecule has 4 heterocycles. The molecule has 0 bridgehead atoms. The first-order chi connectivity index (χ1) is 15.4. The molecule has 1 aliphatic rings. The lowest BCUT2D eigenvalue weighted by Gasteiger charge is -2.32. The summed E-state index contributed by atoms with van der Waals surface area (Å²) in [6.07, 6.45) is 3.48. The molecule has 32 heavy (non-hydrogen) atoms. The summed E-state index contributed by atoms with van der Waals surface area (Å²) in [6.45, 7) is 5.20. The molecule has 0 aliphatic carbocycles. The van der Waals surface area contributed by atoms with Gasteiger partial charge in [-0.2, -0.15) is 10.1 Å². The van der Waals surface area contributed by atoms with Crippen LogP contribution in [-0.2, 0) is 11.8 Å². The number of benzene rings is 1. The molecule has 3 aromatic heterocycles. The van der Waals surface area contributed by atoms with E-state index in [1.807, 2.05) is 32.0 Å². The number of rotatable bonds is 3. The summed E-state index contributed by atoms with van der Waals surface area (Å²) < 4.78 is 35.9. The Kier molecular flexibility index (Phi) is 5.01. The van der Waals surface area contributed by atoms with Crippen LogP contribution in [0.25, 0.3) is 22.4 Å². The first-order valence-corrected chi connectivity index (χ1v) is 10.2. The second-order valence-electron chi connectivity index (χ2n) is 7.82. The van der Waals surface area contributed by atoms with Gasteiger partial charge in [-0.25, -0.2) is 23.7 Å². The van der Waals surface area contributed by atoms with Crippen LogP contribution in [0.2, 0.25) is 0 Å². The van der Waals surface area contributed by atoms with E-state index in [0.717, 1.165) is 17.3 Å². The molecule has 8 nitrogen and oxygen atoms in total. The SMILES string of the molecule is Cc1nc2nc(N3CCO[C@H](c4cnn(C)c4)C3)nc(-c3ccc(F)cc3F)c2nc1C. The maximum atomic E-state index is 14.7. The Labute approximate surface area is 182 Å². The molecule has 4 aromatic rings. The van der Waals surface area contributed by atoms with Crippen molar-refractivity contribution in [3.05, 3.63) is 59.2 Å². The molecule has 0 saturated carbocycles. The Hall–Kier alpha value is -3.53. The monoisotopic (exact) mass is 437 g/mol. The zero-order valence-electron chi connectivity index (χ0n) is 17.9. The summed E-state index contributed by atoms with van der Waals surface area (Å²) in [5.41, 5.74) is 3.54. The molecular weight excluding hydrogens is 416 g/mol. The molecule has 164 valence electrons. The molecule has 0 radical (unpaired) electrons. The number of hydrogen-bond acceptors (Lipinski definition) is 7. The van der Waals surface area contributed by atoms with E-state index in [1.54, 1.807) is 10.9 Å². The molecule has 0 amide bonds. The summed E-state index contributed by atoms with van der Waals surface area (Å²) in [6, 6.07) is 3.41. The van der Waals surface area contributed by atoms with E-state index in [0.29, 0.717) is 42.5 Å². The van der Waals surface area contributed by atoms with Crippen LogP contribution < -0.4 is 4.90 Å². The number of aryl methyl sites for hydroxylation is 3. The van der Waals surface area contributed by atoms with E-state index in [9.17, 15) is 8.78 Å². The highest BCUT2D eigenvalue weighted by Crippen LogP contribution is 2.31. The zero-order valence-corrected chi connectivity index (χ0v) is 17.9. The van der Waals surface area contributed by atoms with Gasteiger partial charge in [-0.3, -0.25) is 4.68 Å². The minimum absolute atomic E-state index is 0.148. The van der Waals surface area contributed by atoms with Crippen molar-refractivity contribution in [3.63, 3.8) is 0 Å². The number of hydrogen-bond donors (Lipinski definition) is 0. The Balaban J connectivity index is 1.62. The highest BCUT2D eigenvalue weighted by Gasteiger charge is 2.27. The summed E-state index contributed by atoms with van der Waals surface area (Å²) in [4.78, 5) is 20.4. The first-order valence-electron chi connectivity index (χ1n) is 10.2. The fourth-order valence-electron chi connectivity index (χ4n) is 3.75. The van der Waals surface area contributed by atoms with E-state index in [2.05, 4.69) is 25.0 Å². The van der Waals surface area contributed by atoms with Gasteiger partial charge in [-0.15, -0.1) is 0 Å². The largest absolute Gasteiger partial charge is 0.370 e. The van der Waals surface area contributed by atoms with Gasteiger partial charge in [0.25, 0.3) is 0 Å². The predicted molar refractivity (Wildman–Crippen MR) is 114 cm³/mol. The summed E-state index contributed by atoms with van der Waals surface area (Å²) in [7, 11) is 1.85. The fraction of sp³-hybridized carbons (Fsp3) is 0.318. The van der Waals surface area contributed by atoms with Gasteiger partial charge in [-0.1, -0.05) is 0 Å². The van der Waals surface area contributed by atoms with E-state index >= 15 is 0 Å². The summed E-state index contributed by atoms with van der Waals surface area (Å²) in [5.74, 6) is -0.979. The van der Waals surface area contributed by atoms with Gasteiger partial charge in [0.05, 0.1) is 30.7 Å². The van der Waals surface area contributed by atoms with Crippen LogP contribution >= 0.6 is 0 Å². The molecule has 1 fully saturated rings. The number of ether oxygens (including phenoxy) is 1. The topological polar surface area (TPSA) is 81.9 Å². The Morgan fingerprint density at radius 3 is 2.62 bits per heavy atom. The molecule has 5 rings (SSSR count). The minimum atomic E-state index is -0.716. The van der Waals surface area contributed by atoms with Crippen LogP contribution in [0.4, 0.5) is 14.7 Å². The second kappa shape index (κ2) is 7.86. The normalized spacial score (nSPS) is 16.7. The van der Waals surface area contributed by atoms with E-state index in [4.69, 9.17) is 4.74 Å². The quantitative estimate of drug-likeness (QED) is 0.486. The van der Waals surface area contributed by atoms with Gasteiger partial charge in [0.1, 0.15) is 28.9 Å². The fourth-order valence-corrected chi connectivity index (χ4v) is 3.75. The predicted octanol–water partition coefficient (Wildman–Crippen LogP) is 3.29. The molecule has 1 aromatic carbocycles. The van der Waals surface area contributed by atoms with E-state index in [1.165, 1.54) is 12.1 Å². The number of anilines is 1. The molecule has 0 N–H and O–H groups in total. The van der Waals surface area contributed by atoms with Gasteiger partial charge in [-0.05, 0) is 26.0 Å². The van der Waals surface area contributed by atoms with Crippen molar-refractivity contribution < 1.29 is 13.5 Å². The minimum Gasteiger partial charge on any atom is -0.370 e. The third kappa shape index (κ3) is 3.66. The zero-order chi connectivity index (χ0) is 22.4.